The number of benzene rings is 3. The van der Waals surface area contributed by atoms with Crippen molar-refractivity contribution in [3.05, 3.63) is 78.4 Å². The number of methoxy groups -OCH3 is 2. The van der Waals surface area contributed by atoms with Gasteiger partial charge < -0.3 is 19.1 Å². The first-order chi connectivity index (χ1) is 14.7. The molecule has 3 aromatic rings. The summed E-state index contributed by atoms with van der Waals surface area (Å²) in [6, 6.07) is 24.2. The van der Waals surface area contributed by atoms with Crippen LogP contribution in [0.1, 0.15) is 5.56 Å². The highest BCUT2D eigenvalue weighted by molar-refractivity contribution is 5.58. The van der Waals surface area contributed by atoms with Crippen molar-refractivity contribution in [2.24, 2.45) is 0 Å². The van der Waals surface area contributed by atoms with Gasteiger partial charge in [0.25, 0.3) is 0 Å². The fourth-order valence-corrected chi connectivity index (χ4v) is 3.76. The third kappa shape index (κ3) is 4.86. The molecule has 156 valence electrons. The van der Waals surface area contributed by atoms with Crippen molar-refractivity contribution in [2.45, 2.75) is 6.54 Å². The van der Waals surface area contributed by atoms with Crippen molar-refractivity contribution in [2.75, 3.05) is 45.3 Å². The lowest BCUT2D eigenvalue weighted by atomic mass is 10.1. The van der Waals surface area contributed by atoms with Crippen molar-refractivity contribution in [1.82, 2.24) is 4.90 Å². The van der Waals surface area contributed by atoms with E-state index in [4.69, 9.17) is 14.2 Å². The van der Waals surface area contributed by atoms with Gasteiger partial charge in [-0.1, -0.05) is 30.3 Å². The first kappa shape index (κ1) is 20.1. The second-order valence-corrected chi connectivity index (χ2v) is 7.36. The Labute approximate surface area is 178 Å². The van der Waals surface area contributed by atoms with Crippen molar-refractivity contribution >= 4 is 5.69 Å². The molecule has 3 aromatic carbocycles. The molecule has 0 saturated carbocycles. The topological polar surface area (TPSA) is 34.2 Å². The average molecular weight is 405 g/mol. The molecular formula is C25H28N2O3. The van der Waals surface area contributed by atoms with Crippen molar-refractivity contribution in [1.29, 1.82) is 0 Å². The number of piperazine rings is 1. The summed E-state index contributed by atoms with van der Waals surface area (Å²) in [4.78, 5) is 4.89. The fourth-order valence-electron chi connectivity index (χ4n) is 3.76. The molecule has 1 heterocycles. The molecule has 0 bridgehead atoms. The van der Waals surface area contributed by atoms with E-state index in [0.717, 1.165) is 55.7 Å². The molecule has 0 aromatic heterocycles. The van der Waals surface area contributed by atoms with E-state index in [2.05, 4.69) is 34.1 Å². The number of anilines is 1. The summed E-state index contributed by atoms with van der Waals surface area (Å²) in [6.07, 6.45) is 0. The second kappa shape index (κ2) is 9.55. The second-order valence-electron chi connectivity index (χ2n) is 7.36. The summed E-state index contributed by atoms with van der Waals surface area (Å²) < 4.78 is 16.7. The molecule has 5 heteroatoms. The van der Waals surface area contributed by atoms with Gasteiger partial charge >= 0.3 is 0 Å². The lowest BCUT2D eigenvalue weighted by Crippen LogP contribution is -2.46. The van der Waals surface area contributed by atoms with Gasteiger partial charge in [0.2, 0.25) is 0 Å². The highest BCUT2D eigenvalue weighted by Gasteiger charge is 2.19. The Morgan fingerprint density at radius 3 is 2.17 bits per heavy atom. The maximum Gasteiger partial charge on any atom is 0.142 e. The quantitative estimate of drug-likeness (QED) is 0.564. The predicted molar refractivity (Wildman–Crippen MR) is 120 cm³/mol. The van der Waals surface area contributed by atoms with Crippen LogP contribution >= 0.6 is 0 Å². The number of rotatable bonds is 7. The summed E-state index contributed by atoms with van der Waals surface area (Å²) in [7, 11) is 3.39. The Balaban J connectivity index is 1.31. The Kier molecular flexibility index (Phi) is 6.40. The number of ether oxygens (including phenoxy) is 3. The minimum Gasteiger partial charge on any atom is -0.497 e. The van der Waals surface area contributed by atoms with Crippen LogP contribution in [0, 0.1) is 0 Å². The van der Waals surface area contributed by atoms with Gasteiger partial charge in [-0.2, -0.15) is 0 Å². The Bertz CT molecular complexity index is 951. The van der Waals surface area contributed by atoms with E-state index in [9.17, 15) is 0 Å². The highest BCUT2D eigenvalue weighted by atomic mass is 16.5. The van der Waals surface area contributed by atoms with Crippen LogP contribution in [0.4, 0.5) is 5.69 Å². The van der Waals surface area contributed by atoms with Gasteiger partial charge in [-0.15, -0.1) is 0 Å². The molecule has 0 radical (unpaired) electrons. The van der Waals surface area contributed by atoms with Gasteiger partial charge in [0.15, 0.2) is 0 Å². The average Bonchev–Trinajstić information content (AvgIpc) is 2.81. The lowest BCUT2D eigenvalue weighted by Gasteiger charge is -2.36. The molecule has 0 N–H and O–H groups in total. The van der Waals surface area contributed by atoms with Crippen LogP contribution < -0.4 is 19.1 Å². The highest BCUT2D eigenvalue weighted by Crippen LogP contribution is 2.29. The lowest BCUT2D eigenvalue weighted by molar-refractivity contribution is 0.249. The Morgan fingerprint density at radius 2 is 1.43 bits per heavy atom. The third-order valence-electron chi connectivity index (χ3n) is 5.40. The van der Waals surface area contributed by atoms with E-state index in [0.29, 0.717) is 0 Å². The molecule has 0 atom stereocenters. The zero-order valence-electron chi connectivity index (χ0n) is 17.6. The molecule has 1 aliphatic rings. The van der Waals surface area contributed by atoms with E-state index in [1.807, 2.05) is 48.5 Å². The van der Waals surface area contributed by atoms with Crippen LogP contribution in [0.25, 0.3) is 0 Å². The number of nitrogens with zero attached hydrogens (tertiary/aromatic N) is 2. The molecule has 0 unspecified atom stereocenters. The van der Waals surface area contributed by atoms with Gasteiger partial charge in [0.05, 0.1) is 19.9 Å². The van der Waals surface area contributed by atoms with Crippen molar-refractivity contribution in [3.8, 4) is 23.0 Å². The molecule has 30 heavy (non-hydrogen) atoms. The fraction of sp³-hybridized carbons (Fsp3) is 0.280. The maximum atomic E-state index is 5.94. The number of para-hydroxylation sites is 2. The van der Waals surface area contributed by atoms with Gasteiger partial charge in [0.1, 0.15) is 23.0 Å². The monoisotopic (exact) mass is 404 g/mol. The molecular weight excluding hydrogens is 376 g/mol. The van der Waals surface area contributed by atoms with E-state index >= 15 is 0 Å². The largest absolute Gasteiger partial charge is 0.497 e. The zero-order valence-corrected chi connectivity index (χ0v) is 17.6. The zero-order chi connectivity index (χ0) is 20.8. The smallest absolute Gasteiger partial charge is 0.142 e. The summed E-state index contributed by atoms with van der Waals surface area (Å²) >= 11 is 0. The Morgan fingerprint density at radius 1 is 0.700 bits per heavy atom. The summed E-state index contributed by atoms with van der Waals surface area (Å²) in [5.41, 5.74) is 2.47. The third-order valence-corrected chi connectivity index (χ3v) is 5.40. The standard InChI is InChI=1S/C25H28N2O3/c1-28-22-6-5-7-23(18-22)30-21-12-10-20(11-13-21)19-26-14-16-27(17-15-26)24-8-3-4-9-25(24)29-2/h3-13,18H,14-17,19H2,1-2H3. The van der Waals surface area contributed by atoms with Crippen LogP contribution in [0.15, 0.2) is 72.8 Å². The molecule has 5 nitrogen and oxygen atoms in total. The predicted octanol–water partition coefficient (Wildman–Crippen LogP) is 4.82. The van der Waals surface area contributed by atoms with Crippen molar-refractivity contribution in [3.63, 3.8) is 0 Å². The van der Waals surface area contributed by atoms with Gasteiger partial charge in [-0.05, 0) is 42.0 Å². The van der Waals surface area contributed by atoms with E-state index < -0.39 is 0 Å². The van der Waals surface area contributed by atoms with Gasteiger partial charge in [0, 0.05) is 38.8 Å². The summed E-state index contributed by atoms with van der Waals surface area (Å²) in [6.45, 7) is 4.99. The molecule has 1 saturated heterocycles. The molecule has 0 spiro atoms. The van der Waals surface area contributed by atoms with Crippen LogP contribution in [0.2, 0.25) is 0 Å². The van der Waals surface area contributed by atoms with Gasteiger partial charge in [-0.25, -0.2) is 0 Å². The minimum absolute atomic E-state index is 0.773. The maximum absolute atomic E-state index is 5.94. The molecule has 0 aliphatic carbocycles. The summed E-state index contributed by atoms with van der Waals surface area (Å²) in [5, 5.41) is 0. The van der Waals surface area contributed by atoms with E-state index in [-0.39, 0.29) is 0 Å². The first-order valence-corrected chi connectivity index (χ1v) is 10.3. The van der Waals surface area contributed by atoms with E-state index in [1.165, 1.54) is 11.3 Å². The SMILES string of the molecule is COc1cccc(Oc2ccc(CN3CCN(c4ccccc4OC)CC3)cc2)c1. The van der Waals surface area contributed by atoms with Gasteiger partial charge in [-0.3, -0.25) is 4.90 Å². The first-order valence-electron chi connectivity index (χ1n) is 10.3. The number of hydrogen-bond acceptors (Lipinski definition) is 5. The van der Waals surface area contributed by atoms with Crippen molar-refractivity contribution < 1.29 is 14.2 Å². The van der Waals surface area contributed by atoms with Crippen LogP contribution in [0.3, 0.4) is 0 Å². The molecule has 1 aliphatic heterocycles. The van der Waals surface area contributed by atoms with E-state index in [1.54, 1.807) is 14.2 Å². The minimum atomic E-state index is 0.773. The molecule has 0 amide bonds. The normalized spacial score (nSPS) is 14.4. The molecule has 1 fully saturated rings. The number of hydrogen-bond donors (Lipinski definition) is 0. The van der Waals surface area contributed by atoms with Crippen LogP contribution in [-0.4, -0.2) is 45.3 Å². The van der Waals surface area contributed by atoms with Crippen LogP contribution in [0.5, 0.6) is 23.0 Å². The van der Waals surface area contributed by atoms with Crippen LogP contribution in [-0.2, 0) is 6.54 Å². The molecule has 4 rings (SSSR count). The summed E-state index contributed by atoms with van der Waals surface area (Å²) in [5.74, 6) is 3.33. The Hall–Kier alpha value is -3.18.